The molecule has 5 nitrogen and oxygen atoms in total. The Morgan fingerprint density at radius 3 is 2.38 bits per heavy atom. The maximum absolute atomic E-state index is 12.9. The van der Waals surface area contributed by atoms with E-state index >= 15 is 0 Å². The summed E-state index contributed by atoms with van der Waals surface area (Å²) in [4.78, 5) is 14.9. The third-order valence-electron chi connectivity index (χ3n) is 4.76. The molecule has 1 saturated heterocycles. The largest absolute Gasteiger partial charge is 0.310 e. The van der Waals surface area contributed by atoms with E-state index in [1.807, 2.05) is 24.3 Å². The molecule has 0 bridgehead atoms. The number of sulfonamides is 1. The second-order valence-electron chi connectivity index (χ2n) is 6.10. The van der Waals surface area contributed by atoms with Crippen molar-refractivity contribution >= 4 is 21.6 Å². The molecule has 0 spiro atoms. The fourth-order valence-corrected chi connectivity index (χ4v) is 5.02. The lowest BCUT2D eigenvalue weighted by Gasteiger charge is -2.40. The van der Waals surface area contributed by atoms with E-state index in [-0.39, 0.29) is 10.8 Å². The third kappa shape index (κ3) is 2.34. The van der Waals surface area contributed by atoms with Crippen LogP contribution in [0.3, 0.4) is 0 Å². The number of carbonyl (C=O) groups is 1. The van der Waals surface area contributed by atoms with Crippen molar-refractivity contribution in [3.63, 3.8) is 0 Å². The van der Waals surface area contributed by atoms with Crippen LogP contribution in [0.1, 0.15) is 12.0 Å². The first-order valence-corrected chi connectivity index (χ1v) is 9.49. The molecule has 1 atom stereocenters. The molecule has 0 N–H and O–H groups in total. The number of fused-ring (bicyclic) bond motifs is 1. The quantitative estimate of drug-likeness (QED) is 0.858. The zero-order chi connectivity index (χ0) is 16.7. The van der Waals surface area contributed by atoms with Crippen LogP contribution in [0.2, 0.25) is 0 Å². The number of rotatable bonds is 3. The zero-order valence-electron chi connectivity index (χ0n) is 13.1. The summed E-state index contributed by atoms with van der Waals surface area (Å²) >= 11 is 0. The lowest BCUT2D eigenvalue weighted by atomic mass is 10.1. The van der Waals surface area contributed by atoms with Gasteiger partial charge in [0.15, 0.2) is 0 Å². The smallest absolute Gasteiger partial charge is 0.245 e. The van der Waals surface area contributed by atoms with Crippen LogP contribution in [0.15, 0.2) is 59.5 Å². The van der Waals surface area contributed by atoms with Gasteiger partial charge in [-0.15, -0.1) is 0 Å². The van der Waals surface area contributed by atoms with E-state index < -0.39 is 16.1 Å². The van der Waals surface area contributed by atoms with Gasteiger partial charge < -0.3 is 4.90 Å². The summed E-state index contributed by atoms with van der Waals surface area (Å²) in [6.07, 6.45) is 1.39. The highest BCUT2D eigenvalue weighted by Gasteiger charge is 2.45. The van der Waals surface area contributed by atoms with Gasteiger partial charge in [-0.3, -0.25) is 4.79 Å². The van der Waals surface area contributed by atoms with E-state index in [4.69, 9.17) is 0 Å². The molecule has 0 saturated carbocycles. The number of anilines is 1. The number of hydrogen-bond acceptors (Lipinski definition) is 3. The van der Waals surface area contributed by atoms with Crippen molar-refractivity contribution in [3.05, 3.63) is 60.2 Å². The van der Waals surface area contributed by atoms with E-state index in [0.717, 1.165) is 17.7 Å². The highest BCUT2D eigenvalue weighted by molar-refractivity contribution is 7.89. The topological polar surface area (TPSA) is 57.7 Å². The van der Waals surface area contributed by atoms with Gasteiger partial charge in [-0.25, -0.2) is 8.42 Å². The molecule has 2 aliphatic rings. The second-order valence-corrected chi connectivity index (χ2v) is 7.99. The van der Waals surface area contributed by atoms with E-state index in [1.165, 1.54) is 4.31 Å². The van der Waals surface area contributed by atoms with Gasteiger partial charge in [0.25, 0.3) is 0 Å². The molecule has 1 fully saturated rings. The van der Waals surface area contributed by atoms with Gasteiger partial charge in [-0.1, -0.05) is 36.4 Å². The molecule has 0 radical (unpaired) electrons. The normalized spacial score (nSPS) is 20.5. The highest BCUT2D eigenvalue weighted by atomic mass is 32.2. The van der Waals surface area contributed by atoms with Gasteiger partial charge >= 0.3 is 0 Å². The van der Waals surface area contributed by atoms with E-state index in [0.29, 0.717) is 19.5 Å². The predicted molar refractivity (Wildman–Crippen MR) is 91.2 cm³/mol. The summed E-state index contributed by atoms with van der Waals surface area (Å²) in [5.41, 5.74) is 2.05. The minimum atomic E-state index is -3.62. The highest BCUT2D eigenvalue weighted by Crippen LogP contribution is 2.33. The van der Waals surface area contributed by atoms with Crippen LogP contribution in [0.25, 0.3) is 0 Å². The lowest BCUT2D eigenvalue weighted by Crippen LogP contribution is -2.58. The van der Waals surface area contributed by atoms with Crippen molar-refractivity contribution in [3.8, 4) is 0 Å². The Balaban J connectivity index is 1.59. The van der Waals surface area contributed by atoms with Crippen LogP contribution < -0.4 is 4.90 Å². The molecule has 0 aliphatic carbocycles. The summed E-state index contributed by atoms with van der Waals surface area (Å²) in [6, 6.07) is 15.5. The summed E-state index contributed by atoms with van der Waals surface area (Å²) in [5, 5.41) is 0. The van der Waals surface area contributed by atoms with Crippen LogP contribution in [0.5, 0.6) is 0 Å². The van der Waals surface area contributed by atoms with Gasteiger partial charge in [0, 0.05) is 18.8 Å². The fraction of sp³-hybridized carbons (Fsp3) is 0.278. The van der Waals surface area contributed by atoms with Gasteiger partial charge in [-0.05, 0) is 36.6 Å². The van der Waals surface area contributed by atoms with Crippen LogP contribution in [0, 0.1) is 0 Å². The first-order chi connectivity index (χ1) is 11.6. The molecule has 0 aromatic heterocycles. The van der Waals surface area contributed by atoms with Crippen LogP contribution >= 0.6 is 0 Å². The van der Waals surface area contributed by atoms with E-state index in [2.05, 4.69) is 0 Å². The van der Waals surface area contributed by atoms with Crippen molar-refractivity contribution in [1.82, 2.24) is 4.31 Å². The molecule has 124 valence electrons. The number of benzene rings is 2. The zero-order valence-corrected chi connectivity index (χ0v) is 13.9. The number of para-hydroxylation sites is 1. The first kappa shape index (κ1) is 15.4. The Bertz CT molecular complexity index is 880. The Hall–Kier alpha value is -2.18. The molecule has 2 aliphatic heterocycles. The molecule has 2 aromatic carbocycles. The minimum Gasteiger partial charge on any atom is -0.310 e. The number of hydrogen-bond donors (Lipinski definition) is 0. The summed E-state index contributed by atoms with van der Waals surface area (Å²) in [7, 11) is -3.62. The summed E-state index contributed by atoms with van der Waals surface area (Å²) < 4.78 is 26.8. The van der Waals surface area contributed by atoms with Gasteiger partial charge in [-0.2, -0.15) is 4.31 Å². The monoisotopic (exact) mass is 342 g/mol. The SMILES string of the molecule is O=C(C1CCN1S(=O)(=O)c1ccccc1)N1CCc2ccccc21. The first-order valence-electron chi connectivity index (χ1n) is 8.05. The maximum atomic E-state index is 12.9. The molecule has 2 heterocycles. The van der Waals surface area contributed by atoms with Crippen molar-refractivity contribution in [2.75, 3.05) is 18.0 Å². The molecule has 6 heteroatoms. The summed E-state index contributed by atoms with van der Waals surface area (Å²) in [5.74, 6) is -0.120. The Labute approximate surface area is 141 Å². The second kappa shape index (κ2) is 5.72. The van der Waals surface area contributed by atoms with Crippen molar-refractivity contribution < 1.29 is 13.2 Å². The van der Waals surface area contributed by atoms with Crippen molar-refractivity contribution in [2.45, 2.75) is 23.8 Å². The van der Waals surface area contributed by atoms with E-state index in [1.54, 1.807) is 35.2 Å². The standard InChI is InChI=1S/C18H18N2O3S/c21-18(19-12-10-14-6-4-5-9-16(14)19)17-11-13-20(17)24(22,23)15-7-2-1-3-8-15/h1-9,17H,10-13H2. The van der Waals surface area contributed by atoms with E-state index in [9.17, 15) is 13.2 Å². The van der Waals surface area contributed by atoms with Gasteiger partial charge in [0.2, 0.25) is 15.9 Å². The molecular formula is C18H18N2O3S. The Kier molecular flexibility index (Phi) is 3.66. The van der Waals surface area contributed by atoms with Gasteiger partial charge in [0.05, 0.1) is 4.90 Å². The average molecular weight is 342 g/mol. The molecule has 1 amide bonds. The van der Waals surface area contributed by atoms with Crippen LogP contribution in [-0.2, 0) is 21.2 Å². The molecule has 1 unspecified atom stereocenters. The molecular weight excluding hydrogens is 324 g/mol. The number of nitrogens with zero attached hydrogens (tertiary/aromatic N) is 2. The predicted octanol–water partition coefficient (Wildman–Crippen LogP) is 2.04. The Morgan fingerprint density at radius 1 is 0.958 bits per heavy atom. The fourth-order valence-electron chi connectivity index (χ4n) is 3.37. The molecule has 4 rings (SSSR count). The van der Waals surface area contributed by atoms with Crippen molar-refractivity contribution in [2.24, 2.45) is 0 Å². The lowest BCUT2D eigenvalue weighted by molar-refractivity contribution is -0.124. The maximum Gasteiger partial charge on any atom is 0.245 e. The number of amides is 1. The summed E-state index contributed by atoms with van der Waals surface area (Å²) in [6.45, 7) is 1.01. The van der Waals surface area contributed by atoms with Crippen molar-refractivity contribution in [1.29, 1.82) is 0 Å². The third-order valence-corrected chi connectivity index (χ3v) is 6.68. The average Bonchev–Trinajstić information content (AvgIpc) is 2.98. The van der Waals surface area contributed by atoms with Gasteiger partial charge in [0.1, 0.15) is 6.04 Å². The Morgan fingerprint density at radius 2 is 1.67 bits per heavy atom. The molecule has 2 aromatic rings. The number of carbonyl (C=O) groups excluding carboxylic acids is 1. The minimum absolute atomic E-state index is 0.120. The van der Waals surface area contributed by atoms with Crippen LogP contribution in [-0.4, -0.2) is 37.8 Å². The molecule has 24 heavy (non-hydrogen) atoms. The van der Waals surface area contributed by atoms with Crippen LogP contribution in [0.4, 0.5) is 5.69 Å².